The van der Waals surface area contributed by atoms with Gasteiger partial charge in [0.1, 0.15) is 5.83 Å². The minimum absolute atomic E-state index is 0.0244. The predicted octanol–water partition coefficient (Wildman–Crippen LogP) is 4.81. The molecule has 0 fully saturated rings. The van der Waals surface area contributed by atoms with Crippen molar-refractivity contribution < 1.29 is 14.0 Å². The number of halogens is 7. The van der Waals surface area contributed by atoms with Gasteiger partial charge in [0.2, 0.25) is 0 Å². The Morgan fingerprint density at radius 2 is 1.56 bits per heavy atom. The van der Waals surface area contributed by atoms with E-state index in [2.05, 4.69) is 10.6 Å². The van der Waals surface area contributed by atoms with Crippen LogP contribution in [-0.4, -0.2) is 32.0 Å². The molecule has 1 rings (SSSR count). The molecule has 0 aliphatic rings. The molecule has 150 valence electrons. The molecule has 2 N–H and O–H groups in total. The minimum atomic E-state index is -2.23. The lowest BCUT2D eigenvalue weighted by atomic mass is 10.0. The molecule has 0 spiro atoms. The Hall–Kier alpha value is -0.430. The van der Waals surface area contributed by atoms with Crippen LogP contribution in [0.25, 0.3) is 0 Å². The van der Waals surface area contributed by atoms with Gasteiger partial charge in [0.25, 0.3) is 19.4 Å². The Morgan fingerprint density at radius 1 is 1.00 bits per heavy atom. The van der Waals surface area contributed by atoms with Gasteiger partial charge in [-0.25, -0.2) is 4.39 Å². The van der Waals surface area contributed by atoms with Crippen LogP contribution in [0.15, 0.2) is 42.2 Å². The quantitative estimate of drug-likeness (QED) is 0.418. The second-order valence-corrected chi connectivity index (χ2v) is 9.91. The molecule has 0 bridgehead atoms. The van der Waals surface area contributed by atoms with Crippen molar-refractivity contribution in [3.8, 4) is 0 Å². The lowest BCUT2D eigenvalue weighted by Gasteiger charge is -2.20. The summed E-state index contributed by atoms with van der Waals surface area (Å²) in [6.07, 6.45) is 1.41. The molecule has 1 aromatic carbocycles. The molecule has 0 radical (unpaired) electrons. The van der Waals surface area contributed by atoms with Gasteiger partial charge in [-0.3, -0.25) is 9.59 Å². The van der Waals surface area contributed by atoms with Crippen LogP contribution in [0.5, 0.6) is 0 Å². The molecule has 0 aliphatic heterocycles. The smallest absolute Gasteiger partial charge is 0.272 e. The van der Waals surface area contributed by atoms with Gasteiger partial charge in [-0.15, -0.1) is 0 Å². The molecule has 2 amide bonds. The van der Waals surface area contributed by atoms with Crippen LogP contribution >= 0.6 is 69.6 Å². The molecule has 4 nitrogen and oxygen atoms in total. The maximum absolute atomic E-state index is 14.6. The Kier molecular flexibility index (Phi) is 9.97. The van der Waals surface area contributed by atoms with E-state index in [1.165, 1.54) is 6.08 Å². The maximum atomic E-state index is 14.6. The van der Waals surface area contributed by atoms with Crippen LogP contribution in [0.3, 0.4) is 0 Å². The van der Waals surface area contributed by atoms with Gasteiger partial charge in [-0.1, -0.05) is 99.9 Å². The summed E-state index contributed by atoms with van der Waals surface area (Å²) in [5.74, 6) is -2.45. The third-order valence-corrected chi connectivity index (χ3v) is 4.23. The molecule has 0 saturated heterocycles. The van der Waals surface area contributed by atoms with Gasteiger partial charge < -0.3 is 10.6 Å². The summed E-state index contributed by atoms with van der Waals surface area (Å²) in [5.41, 5.74) is 0.764. The molecule has 27 heavy (non-hydrogen) atoms. The molecular formula is C16H15Cl6FN2O2. The van der Waals surface area contributed by atoms with E-state index in [0.29, 0.717) is 0 Å². The van der Waals surface area contributed by atoms with Crippen molar-refractivity contribution in [3.63, 3.8) is 0 Å². The van der Waals surface area contributed by atoms with Gasteiger partial charge in [-0.05, 0) is 24.5 Å². The first-order chi connectivity index (χ1) is 12.4. The van der Waals surface area contributed by atoms with Gasteiger partial charge >= 0.3 is 0 Å². The van der Waals surface area contributed by atoms with E-state index in [9.17, 15) is 14.0 Å². The fourth-order valence-electron chi connectivity index (χ4n) is 1.95. The number of amides is 2. The zero-order valence-electron chi connectivity index (χ0n) is 13.6. The number of hydrogen-bond donors (Lipinski definition) is 2. The summed E-state index contributed by atoms with van der Waals surface area (Å²) in [6, 6.07) is 7.83. The van der Waals surface area contributed by atoms with E-state index in [4.69, 9.17) is 69.6 Å². The van der Waals surface area contributed by atoms with Crippen LogP contribution in [0.4, 0.5) is 4.39 Å². The number of hydrogen-bond acceptors (Lipinski definition) is 2. The van der Waals surface area contributed by atoms with Gasteiger partial charge in [0.05, 0.1) is 6.04 Å². The van der Waals surface area contributed by atoms with Gasteiger partial charge in [-0.2, -0.15) is 0 Å². The standard InChI is InChI=1S/C16H15Cl6FN2O2/c17-15(18,19)13(26)24-8-4-7-11(23)12(25-14(27)16(20,21)22)9-10-5-2-1-3-6-10/h1-3,5-7,12H,4,8-9H2,(H,24,26)(H,25,27)/b11-7-. The van der Waals surface area contributed by atoms with Gasteiger partial charge in [0, 0.05) is 6.54 Å². The number of carbonyl (C=O) groups excluding carboxylic acids is 2. The normalized spacial score (nSPS) is 13.8. The van der Waals surface area contributed by atoms with Crippen molar-refractivity contribution >= 4 is 81.4 Å². The summed E-state index contributed by atoms with van der Waals surface area (Å²) in [7, 11) is 0. The van der Waals surface area contributed by atoms with Gasteiger partial charge in [0.15, 0.2) is 0 Å². The minimum Gasteiger partial charge on any atom is -0.352 e. The second kappa shape index (κ2) is 10.9. The highest BCUT2D eigenvalue weighted by Gasteiger charge is 2.33. The molecule has 0 aliphatic carbocycles. The lowest BCUT2D eigenvalue weighted by molar-refractivity contribution is -0.121. The first-order valence-corrected chi connectivity index (χ1v) is 9.80. The van der Waals surface area contributed by atoms with E-state index in [1.54, 1.807) is 30.3 Å². The first kappa shape index (κ1) is 24.6. The summed E-state index contributed by atoms with van der Waals surface area (Å²) in [5, 5.41) is 4.69. The zero-order valence-corrected chi connectivity index (χ0v) is 18.2. The Bertz CT molecular complexity index is 674. The molecule has 0 saturated carbocycles. The molecule has 11 heteroatoms. The average Bonchev–Trinajstić information content (AvgIpc) is 2.56. The van der Waals surface area contributed by atoms with Crippen LogP contribution in [0, 0.1) is 0 Å². The maximum Gasteiger partial charge on any atom is 0.272 e. The first-order valence-electron chi connectivity index (χ1n) is 7.53. The average molecular weight is 499 g/mol. The second-order valence-electron chi connectivity index (χ2n) is 5.34. The fourth-order valence-corrected chi connectivity index (χ4v) is 2.31. The van der Waals surface area contributed by atoms with Crippen molar-refractivity contribution in [2.45, 2.75) is 26.5 Å². The Balaban J connectivity index is 2.78. The van der Waals surface area contributed by atoms with E-state index < -0.39 is 31.3 Å². The number of benzene rings is 1. The molecule has 0 aromatic heterocycles. The number of rotatable bonds is 7. The Morgan fingerprint density at radius 3 is 2.07 bits per heavy atom. The summed E-state index contributed by atoms with van der Waals surface area (Å²) in [6.45, 7) is 0.0244. The number of alkyl halides is 6. The van der Waals surface area contributed by atoms with Crippen LogP contribution < -0.4 is 10.6 Å². The molecule has 1 aromatic rings. The molecule has 0 heterocycles. The number of carbonyl (C=O) groups is 2. The topological polar surface area (TPSA) is 58.2 Å². The van der Waals surface area contributed by atoms with Crippen molar-refractivity contribution in [1.29, 1.82) is 0 Å². The van der Waals surface area contributed by atoms with Crippen molar-refractivity contribution in [1.82, 2.24) is 10.6 Å². The SMILES string of the molecule is O=C(NCC/C=C(\F)C(Cc1ccccc1)NC(=O)C(Cl)(Cl)Cl)C(Cl)(Cl)Cl. The van der Waals surface area contributed by atoms with E-state index in [0.717, 1.165) is 5.56 Å². The highest BCUT2D eigenvalue weighted by atomic mass is 35.6. The molecule has 1 atom stereocenters. The molecular weight excluding hydrogens is 484 g/mol. The van der Waals surface area contributed by atoms with E-state index in [-0.39, 0.29) is 19.4 Å². The third-order valence-electron chi connectivity index (χ3n) is 3.21. The molecule has 1 unspecified atom stereocenters. The summed E-state index contributed by atoms with van der Waals surface area (Å²) >= 11 is 32.8. The van der Waals surface area contributed by atoms with E-state index >= 15 is 0 Å². The summed E-state index contributed by atoms with van der Waals surface area (Å²) in [4.78, 5) is 23.3. The summed E-state index contributed by atoms with van der Waals surface area (Å²) < 4.78 is 10.3. The third kappa shape index (κ3) is 9.55. The van der Waals surface area contributed by atoms with E-state index in [1.807, 2.05) is 0 Å². The van der Waals surface area contributed by atoms with Crippen LogP contribution in [0.1, 0.15) is 12.0 Å². The zero-order chi connectivity index (χ0) is 20.7. The van der Waals surface area contributed by atoms with Crippen molar-refractivity contribution in [3.05, 3.63) is 47.8 Å². The number of nitrogens with one attached hydrogen (secondary N) is 2. The van der Waals surface area contributed by atoms with Crippen molar-refractivity contribution in [2.75, 3.05) is 6.54 Å². The Labute approximate surface area is 186 Å². The van der Waals surface area contributed by atoms with Crippen LogP contribution in [-0.2, 0) is 16.0 Å². The monoisotopic (exact) mass is 496 g/mol. The largest absolute Gasteiger partial charge is 0.352 e. The highest BCUT2D eigenvalue weighted by Crippen LogP contribution is 2.27. The van der Waals surface area contributed by atoms with Crippen LogP contribution in [0.2, 0.25) is 0 Å². The highest BCUT2D eigenvalue weighted by molar-refractivity contribution is 6.76. The predicted molar refractivity (Wildman–Crippen MR) is 109 cm³/mol. The lowest BCUT2D eigenvalue weighted by Crippen LogP contribution is -2.43. The fraction of sp³-hybridized carbons (Fsp3) is 0.375. The van der Waals surface area contributed by atoms with Crippen molar-refractivity contribution in [2.24, 2.45) is 0 Å².